The fourth-order valence-corrected chi connectivity index (χ4v) is 5.48. The van der Waals surface area contributed by atoms with E-state index in [0.29, 0.717) is 29.3 Å². The number of fused-ring (bicyclic) bond motifs is 1. The van der Waals surface area contributed by atoms with Crippen molar-refractivity contribution in [2.75, 3.05) is 5.75 Å². The van der Waals surface area contributed by atoms with Crippen molar-refractivity contribution >= 4 is 41.2 Å². The molecule has 2 heterocycles. The van der Waals surface area contributed by atoms with Crippen LogP contribution in [0.3, 0.4) is 0 Å². The quantitative estimate of drug-likeness (QED) is 0.369. The number of ketones is 1. The van der Waals surface area contributed by atoms with Crippen LogP contribution in [0.25, 0.3) is 0 Å². The van der Waals surface area contributed by atoms with Gasteiger partial charge in [0.25, 0.3) is 0 Å². The first kappa shape index (κ1) is 18.1. The molecule has 0 aromatic carbocycles. The molecule has 0 radical (unpaired) electrons. The van der Waals surface area contributed by atoms with Crippen LogP contribution in [0.1, 0.15) is 26.2 Å². The monoisotopic (exact) mass is 357 g/mol. The Hall–Kier alpha value is -1.25. The van der Waals surface area contributed by atoms with Gasteiger partial charge in [0.1, 0.15) is 11.2 Å². The Morgan fingerprint density at radius 3 is 2.78 bits per heavy atom. The van der Waals surface area contributed by atoms with Crippen LogP contribution in [-0.2, 0) is 14.4 Å². The molecule has 2 rings (SSSR count). The summed E-state index contributed by atoms with van der Waals surface area (Å²) >= 11 is 2.66. The van der Waals surface area contributed by atoms with Gasteiger partial charge in [-0.15, -0.1) is 18.3 Å². The molecule has 6 nitrogen and oxygen atoms in total. The van der Waals surface area contributed by atoms with Crippen molar-refractivity contribution in [2.24, 2.45) is 5.92 Å². The van der Waals surface area contributed by atoms with Crippen molar-refractivity contribution in [2.45, 2.75) is 37.7 Å². The number of aliphatic carboxylic acids is 1. The van der Waals surface area contributed by atoms with Crippen LogP contribution < -0.4 is 0 Å². The molecule has 0 aromatic rings. The van der Waals surface area contributed by atoms with Crippen LogP contribution >= 0.6 is 23.5 Å². The number of Topliss-reactive ketones (excluding diaryl/α,β-unsaturated/α-hetero) is 1. The first-order chi connectivity index (χ1) is 10.9. The molecule has 126 valence electrons. The molecule has 1 fully saturated rings. The van der Waals surface area contributed by atoms with Gasteiger partial charge < -0.3 is 10.2 Å². The molecule has 8 heteroatoms. The number of hydrogen-bond donors (Lipinski definition) is 2. The maximum atomic E-state index is 12.0. The van der Waals surface area contributed by atoms with Crippen molar-refractivity contribution in [1.82, 2.24) is 4.90 Å². The molecule has 0 saturated carbocycles. The summed E-state index contributed by atoms with van der Waals surface area (Å²) in [6.45, 7) is 5.05. The number of hydrogen-bond acceptors (Lipinski definition) is 6. The molecule has 0 aromatic heterocycles. The van der Waals surface area contributed by atoms with Crippen LogP contribution in [0.5, 0.6) is 0 Å². The van der Waals surface area contributed by atoms with Crippen molar-refractivity contribution in [3.63, 3.8) is 0 Å². The second-order valence-electron chi connectivity index (χ2n) is 5.41. The maximum absolute atomic E-state index is 12.0. The fraction of sp³-hybridized carbons (Fsp3) is 0.533. The average Bonchev–Trinajstić information content (AvgIpc) is 2.78. The fourth-order valence-electron chi connectivity index (χ4n) is 2.55. The number of thioether (sulfide) groups is 2. The van der Waals surface area contributed by atoms with Gasteiger partial charge in [0.05, 0.1) is 16.3 Å². The van der Waals surface area contributed by atoms with Gasteiger partial charge in [-0.1, -0.05) is 17.8 Å². The summed E-state index contributed by atoms with van der Waals surface area (Å²) in [5.41, 5.74) is 0.00400. The number of carboxylic acids is 1. The number of aliphatic hydroxyl groups excluding tert-OH is 1. The zero-order valence-corrected chi connectivity index (χ0v) is 14.4. The number of carbonyl (C=O) groups is 3. The van der Waals surface area contributed by atoms with E-state index in [9.17, 15) is 24.6 Å². The van der Waals surface area contributed by atoms with Gasteiger partial charge in [0.2, 0.25) is 5.91 Å². The van der Waals surface area contributed by atoms with E-state index >= 15 is 0 Å². The minimum atomic E-state index is -1.14. The molecule has 1 unspecified atom stereocenters. The highest BCUT2D eigenvalue weighted by Crippen LogP contribution is 2.53. The van der Waals surface area contributed by atoms with E-state index in [1.165, 1.54) is 35.3 Å². The van der Waals surface area contributed by atoms with E-state index in [-0.39, 0.29) is 22.8 Å². The van der Waals surface area contributed by atoms with Gasteiger partial charge >= 0.3 is 5.97 Å². The minimum Gasteiger partial charge on any atom is -0.477 e. The molecular formula is C15H19NO5S2. The number of allylic oxidation sites excluding steroid dienone is 1. The van der Waals surface area contributed by atoms with Crippen LogP contribution in [0.15, 0.2) is 22.6 Å². The molecule has 1 amide bonds. The van der Waals surface area contributed by atoms with Crippen molar-refractivity contribution in [3.05, 3.63) is 22.6 Å². The summed E-state index contributed by atoms with van der Waals surface area (Å²) in [5.74, 6) is -1.31. The van der Waals surface area contributed by atoms with Gasteiger partial charge in [-0.3, -0.25) is 14.5 Å². The minimum absolute atomic E-state index is 0.00400. The Balaban J connectivity index is 1.95. The van der Waals surface area contributed by atoms with Gasteiger partial charge in [-0.05, 0) is 19.1 Å². The molecular weight excluding hydrogens is 338 g/mol. The number of β-lactam (4-membered cyclic amide) rings is 1. The predicted molar refractivity (Wildman–Crippen MR) is 89.6 cm³/mol. The Labute approximate surface area is 143 Å². The molecule has 23 heavy (non-hydrogen) atoms. The SMILES string of the molecule is C=CCC(=O)CCCSC1=C(C(=O)O)N2C(=O)[C@H](C(C)O)[C@H]2S1. The average molecular weight is 357 g/mol. The van der Waals surface area contributed by atoms with E-state index < -0.39 is 18.0 Å². The normalized spacial score (nSPS) is 24.3. The standard InChI is InChI=1S/C15H19NO5S2/c1-3-5-9(18)6-4-7-22-15-11(14(20)21)16-12(19)10(8(2)17)13(16)23-15/h3,8,10,13,17H,1,4-7H2,2H3,(H,20,21)/t8?,10-,13+/m0/s1. The van der Waals surface area contributed by atoms with Crippen molar-refractivity contribution < 1.29 is 24.6 Å². The predicted octanol–water partition coefficient (Wildman–Crippen LogP) is 1.81. The Kier molecular flexibility index (Phi) is 5.94. The Morgan fingerprint density at radius 1 is 1.52 bits per heavy atom. The van der Waals surface area contributed by atoms with Gasteiger partial charge in [-0.2, -0.15) is 0 Å². The molecule has 3 atom stereocenters. The second kappa shape index (κ2) is 7.55. The largest absolute Gasteiger partial charge is 0.477 e. The first-order valence-corrected chi connectivity index (χ1v) is 9.15. The third-order valence-corrected chi connectivity index (χ3v) is 6.42. The number of nitrogens with zero attached hydrogens (tertiary/aromatic N) is 1. The number of aliphatic hydroxyl groups is 1. The third kappa shape index (κ3) is 3.64. The third-order valence-electron chi connectivity index (χ3n) is 3.67. The maximum Gasteiger partial charge on any atom is 0.354 e. The Morgan fingerprint density at radius 2 is 2.22 bits per heavy atom. The molecule has 0 spiro atoms. The zero-order valence-electron chi connectivity index (χ0n) is 12.7. The molecule has 2 aliphatic heterocycles. The lowest BCUT2D eigenvalue weighted by Crippen LogP contribution is -2.60. The van der Waals surface area contributed by atoms with E-state index in [1.807, 2.05) is 0 Å². The highest BCUT2D eigenvalue weighted by atomic mass is 32.2. The molecule has 2 N–H and O–H groups in total. The number of amides is 1. The zero-order chi connectivity index (χ0) is 17.1. The summed E-state index contributed by atoms with van der Waals surface area (Å²) in [5, 5.41) is 18.7. The summed E-state index contributed by atoms with van der Waals surface area (Å²) < 4.78 is 0.579. The highest BCUT2D eigenvalue weighted by molar-refractivity contribution is 8.22. The van der Waals surface area contributed by atoms with E-state index in [2.05, 4.69) is 6.58 Å². The summed E-state index contributed by atoms with van der Waals surface area (Å²) in [6.07, 6.45) is 2.20. The first-order valence-electron chi connectivity index (χ1n) is 7.29. The van der Waals surface area contributed by atoms with E-state index in [0.717, 1.165) is 0 Å². The van der Waals surface area contributed by atoms with Crippen LogP contribution in [0, 0.1) is 5.92 Å². The molecule has 0 aliphatic carbocycles. The van der Waals surface area contributed by atoms with Crippen LogP contribution in [-0.4, -0.2) is 50.0 Å². The molecule has 2 aliphatic rings. The smallest absolute Gasteiger partial charge is 0.354 e. The van der Waals surface area contributed by atoms with Gasteiger partial charge in [0, 0.05) is 12.8 Å². The molecule has 1 saturated heterocycles. The van der Waals surface area contributed by atoms with Crippen molar-refractivity contribution in [1.29, 1.82) is 0 Å². The lowest BCUT2D eigenvalue weighted by molar-refractivity contribution is -0.156. The van der Waals surface area contributed by atoms with Crippen LogP contribution in [0.4, 0.5) is 0 Å². The van der Waals surface area contributed by atoms with Crippen molar-refractivity contribution in [3.8, 4) is 0 Å². The van der Waals surface area contributed by atoms with Gasteiger partial charge in [-0.25, -0.2) is 4.79 Å². The molecule has 0 bridgehead atoms. The number of carboxylic acid groups (broad SMARTS) is 1. The summed E-state index contributed by atoms with van der Waals surface area (Å²) in [6, 6.07) is 0. The number of rotatable bonds is 9. The van der Waals surface area contributed by atoms with E-state index in [4.69, 9.17) is 0 Å². The lowest BCUT2D eigenvalue weighted by Gasteiger charge is -2.43. The summed E-state index contributed by atoms with van der Waals surface area (Å²) in [4.78, 5) is 36.1. The Bertz CT molecular complexity index is 572. The lowest BCUT2D eigenvalue weighted by atomic mass is 9.92. The van der Waals surface area contributed by atoms with Gasteiger partial charge in [0.15, 0.2) is 5.70 Å². The second-order valence-corrected chi connectivity index (χ2v) is 7.90. The van der Waals surface area contributed by atoms with E-state index in [1.54, 1.807) is 6.08 Å². The number of carbonyl (C=O) groups excluding carboxylic acids is 2. The van der Waals surface area contributed by atoms with Crippen LogP contribution in [0.2, 0.25) is 0 Å². The highest BCUT2D eigenvalue weighted by Gasteiger charge is 2.57. The summed E-state index contributed by atoms with van der Waals surface area (Å²) in [7, 11) is 0. The topological polar surface area (TPSA) is 94.9 Å².